The number of nitrogens with one attached hydrogen (secondary N) is 3. The topological polar surface area (TPSA) is 62.4 Å². The molecule has 1 heterocycles. The van der Waals surface area contributed by atoms with Gasteiger partial charge in [-0.2, -0.15) is 0 Å². The largest absolute Gasteiger partial charge is 0.449 e. The average molecular weight is 351 g/mol. The fraction of sp³-hybridized carbons (Fsp3) is 0.381. The molecule has 1 aliphatic carbocycles. The number of hydrogen-bond donors (Lipinski definition) is 3. The highest BCUT2D eigenvalue weighted by molar-refractivity contribution is 5.79. The fourth-order valence-corrected chi connectivity index (χ4v) is 3.90. The quantitative estimate of drug-likeness (QED) is 0.790. The van der Waals surface area contributed by atoms with Gasteiger partial charge in [-0.05, 0) is 34.6 Å². The van der Waals surface area contributed by atoms with E-state index in [0.29, 0.717) is 18.6 Å². The van der Waals surface area contributed by atoms with E-state index in [1.54, 1.807) is 0 Å². The summed E-state index contributed by atoms with van der Waals surface area (Å²) in [5, 5.41) is 2.90. The lowest BCUT2D eigenvalue weighted by molar-refractivity contribution is 0.137. The molecule has 26 heavy (non-hydrogen) atoms. The van der Waals surface area contributed by atoms with Crippen LogP contribution in [0.2, 0.25) is 0 Å². The van der Waals surface area contributed by atoms with Crippen LogP contribution in [0.5, 0.6) is 0 Å². The second kappa shape index (κ2) is 7.09. The number of hydrogen-bond acceptors (Lipinski definition) is 4. The van der Waals surface area contributed by atoms with Gasteiger partial charge in [0.15, 0.2) is 0 Å². The summed E-state index contributed by atoms with van der Waals surface area (Å²) in [7, 11) is 0. The van der Waals surface area contributed by atoms with Gasteiger partial charge in [0.05, 0.1) is 6.17 Å². The molecule has 1 saturated heterocycles. The molecule has 0 aromatic heterocycles. The first-order valence-corrected chi connectivity index (χ1v) is 9.26. The van der Waals surface area contributed by atoms with Crippen molar-refractivity contribution in [3.63, 3.8) is 0 Å². The van der Waals surface area contributed by atoms with Crippen LogP contribution in [0.25, 0.3) is 11.1 Å². The number of carbonyl (C=O) groups is 1. The molecule has 1 aliphatic heterocycles. The second-order valence-electron chi connectivity index (χ2n) is 7.40. The zero-order chi connectivity index (χ0) is 18.1. The minimum absolute atomic E-state index is 0.0891. The number of hydrazine groups is 1. The molecule has 5 heteroatoms. The molecule has 2 atom stereocenters. The molecule has 0 radical (unpaired) electrons. The van der Waals surface area contributed by atoms with Gasteiger partial charge in [-0.1, -0.05) is 62.4 Å². The molecule has 0 bridgehead atoms. The van der Waals surface area contributed by atoms with E-state index in [1.165, 1.54) is 22.3 Å². The van der Waals surface area contributed by atoms with Gasteiger partial charge >= 0.3 is 6.09 Å². The number of fused-ring (bicyclic) bond motifs is 3. The van der Waals surface area contributed by atoms with Crippen molar-refractivity contribution in [1.82, 2.24) is 16.2 Å². The third-order valence-corrected chi connectivity index (χ3v) is 5.37. The molecule has 5 nitrogen and oxygen atoms in total. The number of ether oxygens (including phenoxy) is 1. The fourth-order valence-electron chi connectivity index (χ4n) is 3.90. The summed E-state index contributed by atoms with van der Waals surface area (Å²) in [6.45, 7) is 4.66. The van der Waals surface area contributed by atoms with Gasteiger partial charge in [-0.3, -0.25) is 5.43 Å². The molecular weight excluding hydrogens is 326 g/mol. The lowest BCUT2D eigenvalue weighted by atomic mass is 9.98. The summed E-state index contributed by atoms with van der Waals surface area (Å²) in [6, 6.07) is 17.0. The lowest BCUT2D eigenvalue weighted by Crippen LogP contribution is -2.45. The van der Waals surface area contributed by atoms with E-state index in [2.05, 4.69) is 66.4 Å². The van der Waals surface area contributed by atoms with Crippen molar-refractivity contribution in [3.8, 4) is 11.1 Å². The highest BCUT2D eigenvalue weighted by Crippen LogP contribution is 2.44. The van der Waals surface area contributed by atoms with Crippen LogP contribution >= 0.6 is 0 Å². The zero-order valence-corrected chi connectivity index (χ0v) is 15.2. The second-order valence-corrected chi connectivity index (χ2v) is 7.40. The van der Waals surface area contributed by atoms with Crippen molar-refractivity contribution < 1.29 is 9.53 Å². The Balaban J connectivity index is 1.40. The molecule has 2 aliphatic rings. The van der Waals surface area contributed by atoms with E-state index in [4.69, 9.17) is 4.74 Å². The van der Waals surface area contributed by atoms with Crippen molar-refractivity contribution in [3.05, 3.63) is 59.7 Å². The smallest absolute Gasteiger partial charge is 0.408 e. The third kappa shape index (κ3) is 3.20. The highest BCUT2D eigenvalue weighted by atomic mass is 16.5. The lowest BCUT2D eigenvalue weighted by Gasteiger charge is -2.17. The molecule has 0 saturated carbocycles. The Labute approximate surface area is 154 Å². The van der Waals surface area contributed by atoms with Gasteiger partial charge in [0, 0.05) is 12.0 Å². The SMILES string of the molecule is CC(C)C1CC(NC(=O)OCC2c3ccccc3-c3ccccc32)NN1. The van der Waals surface area contributed by atoms with E-state index >= 15 is 0 Å². The number of carbonyl (C=O) groups excluding carboxylic acids is 1. The van der Waals surface area contributed by atoms with Crippen LogP contribution in [0, 0.1) is 5.92 Å². The summed E-state index contributed by atoms with van der Waals surface area (Å²) < 4.78 is 5.58. The molecule has 3 N–H and O–H groups in total. The van der Waals surface area contributed by atoms with Crippen molar-refractivity contribution in [1.29, 1.82) is 0 Å². The maximum atomic E-state index is 12.3. The first-order chi connectivity index (χ1) is 12.6. The van der Waals surface area contributed by atoms with E-state index in [9.17, 15) is 4.79 Å². The molecule has 4 rings (SSSR count). The number of benzene rings is 2. The maximum absolute atomic E-state index is 12.3. The van der Waals surface area contributed by atoms with Gasteiger partial charge in [0.1, 0.15) is 6.61 Å². The molecule has 1 amide bonds. The number of alkyl carbamates (subject to hydrolysis) is 1. The molecule has 2 unspecified atom stereocenters. The van der Waals surface area contributed by atoms with Crippen LogP contribution in [-0.2, 0) is 4.74 Å². The van der Waals surface area contributed by atoms with Gasteiger partial charge in [0.2, 0.25) is 0 Å². The molecule has 0 spiro atoms. The Morgan fingerprint density at radius 2 is 1.69 bits per heavy atom. The van der Waals surface area contributed by atoms with E-state index in [-0.39, 0.29) is 18.2 Å². The Morgan fingerprint density at radius 3 is 2.27 bits per heavy atom. The zero-order valence-electron chi connectivity index (χ0n) is 15.2. The Morgan fingerprint density at radius 1 is 1.08 bits per heavy atom. The minimum atomic E-state index is -0.379. The Kier molecular flexibility index (Phi) is 4.66. The van der Waals surface area contributed by atoms with Crippen molar-refractivity contribution in [2.24, 2.45) is 5.92 Å². The summed E-state index contributed by atoms with van der Waals surface area (Å²) in [6.07, 6.45) is 0.371. The predicted octanol–water partition coefficient (Wildman–Crippen LogP) is 3.37. The molecule has 136 valence electrons. The standard InChI is InChI=1S/C21H25N3O2/c1-13(2)19-11-20(24-23-19)22-21(25)26-12-18-16-9-5-3-7-14(16)15-8-4-6-10-17(15)18/h3-10,13,18-20,23-24H,11-12H2,1-2H3,(H,22,25). The summed E-state index contributed by atoms with van der Waals surface area (Å²) in [5.74, 6) is 0.600. The number of rotatable bonds is 4. The predicted molar refractivity (Wildman–Crippen MR) is 102 cm³/mol. The maximum Gasteiger partial charge on any atom is 0.408 e. The van der Waals surface area contributed by atoms with Gasteiger partial charge in [-0.25, -0.2) is 10.2 Å². The van der Waals surface area contributed by atoms with Crippen LogP contribution in [-0.4, -0.2) is 24.9 Å². The van der Waals surface area contributed by atoms with Crippen LogP contribution in [0.3, 0.4) is 0 Å². The van der Waals surface area contributed by atoms with Crippen molar-refractivity contribution >= 4 is 6.09 Å². The first kappa shape index (κ1) is 17.1. The van der Waals surface area contributed by atoms with Crippen LogP contribution in [0.15, 0.2) is 48.5 Å². The van der Waals surface area contributed by atoms with Gasteiger partial charge in [-0.15, -0.1) is 0 Å². The van der Waals surface area contributed by atoms with Crippen molar-refractivity contribution in [2.75, 3.05) is 6.61 Å². The Hall–Kier alpha value is -2.37. The number of amides is 1. The normalized spacial score (nSPS) is 21.5. The minimum Gasteiger partial charge on any atom is -0.449 e. The summed E-state index contributed by atoms with van der Waals surface area (Å²) in [4.78, 5) is 12.3. The van der Waals surface area contributed by atoms with Gasteiger partial charge in [0.25, 0.3) is 0 Å². The van der Waals surface area contributed by atoms with E-state index in [0.717, 1.165) is 6.42 Å². The van der Waals surface area contributed by atoms with Crippen LogP contribution < -0.4 is 16.2 Å². The van der Waals surface area contributed by atoms with Gasteiger partial charge < -0.3 is 10.1 Å². The average Bonchev–Trinajstić information content (AvgIpc) is 3.23. The molecule has 2 aromatic rings. The van der Waals surface area contributed by atoms with Crippen LogP contribution in [0.1, 0.15) is 37.3 Å². The molecule has 1 fully saturated rings. The Bertz CT molecular complexity index is 760. The van der Waals surface area contributed by atoms with E-state index in [1.807, 2.05) is 12.1 Å². The van der Waals surface area contributed by atoms with Crippen molar-refractivity contribution in [2.45, 2.75) is 38.4 Å². The monoisotopic (exact) mass is 351 g/mol. The summed E-state index contributed by atoms with van der Waals surface area (Å²) >= 11 is 0. The van der Waals surface area contributed by atoms with Crippen LogP contribution in [0.4, 0.5) is 4.79 Å². The molecular formula is C21H25N3O2. The summed E-state index contributed by atoms with van der Waals surface area (Å²) in [5.41, 5.74) is 11.2. The molecule has 2 aromatic carbocycles. The first-order valence-electron chi connectivity index (χ1n) is 9.26. The highest BCUT2D eigenvalue weighted by Gasteiger charge is 2.30. The third-order valence-electron chi connectivity index (χ3n) is 5.37. The van der Waals surface area contributed by atoms with E-state index < -0.39 is 0 Å².